The number of fused-ring (bicyclic) bond motifs is 1. The fourth-order valence-corrected chi connectivity index (χ4v) is 4.23. The van der Waals surface area contributed by atoms with Crippen molar-refractivity contribution in [2.75, 3.05) is 41.0 Å². The minimum absolute atomic E-state index is 0.113. The van der Waals surface area contributed by atoms with Crippen molar-refractivity contribution in [1.29, 1.82) is 0 Å². The molecule has 0 radical (unpaired) electrons. The SMILES string of the molecule is COc1cc(OC)c(C(=O)N[C@H]2C[C@H]3CO[C@@H](C4CC4)CN3C2)cc1OC. The summed E-state index contributed by atoms with van der Waals surface area (Å²) in [6.07, 6.45) is 3.88. The molecular weight excluding hydrogens is 348 g/mol. The largest absolute Gasteiger partial charge is 0.496 e. The Labute approximate surface area is 159 Å². The number of hydrogen-bond donors (Lipinski definition) is 1. The lowest BCUT2D eigenvalue weighted by Crippen LogP contribution is -2.47. The highest BCUT2D eigenvalue weighted by Gasteiger charge is 2.42. The van der Waals surface area contributed by atoms with E-state index in [9.17, 15) is 4.79 Å². The van der Waals surface area contributed by atoms with Crippen LogP contribution in [0.3, 0.4) is 0 Å². The molecule has 1 N–H and O–H groups in total. The van der Waals surface area contributed by atoms with Gasteiger partial charge in [0.05, 0.1) is 39.6 Å². The molecule has 3 fully saturated rings. The first-order chi connectivity index (χ1) is 13.1. The quantitative estimate of drug-likeness (QED) is 0.815. The number of carbonyl (C=O) groups is 1. The summed E-state index contributed by atoms with van der Waals surface area (Å²) < 4.78 is 22.0. The molecule has 2 aliphatic heterocycles. The molecule has 148 valence electrons. The van der Waals surface area contributed by atoms with Crippen LogP contribution in [-0.4, -0.2) is 70.0 Å². The first-order valence-electron chi connectivity index (χ1n) is 9.59. The maximum atomic E-state index is 12.9. The van der Waals surface area contributed by atoms with Gasteiger partial charge in [-0.25, -0.2) is 0 Å². The number of morpholine rings is 1. The van der Waals surface area contributed by atoms with Crippen LogP contribution in [0.2, 0.25) is 0 Å². The van der Waals surface area contributed by atoms with Crippen molar-refractivity contribution < 1.29 is 23.7 Å². The Morgan fingerprint density at radius 1 is 1.07 bits per heavy atom. The van der Waals surface area contributed by atoms with Gasteiger partial charge in [-0.1, -0.05) is 0 Å². The molecule has 3 aliphatic rings. The molecule has 7 heteroatoms. The van der Waals surface area contributed by atoms with Gasteiger partial charge in [-0.3, -0.25) is 9.69 Å². The summed E-state index contributed by atoms with van der Waals surface area (Å²) in [6.45, 7) is 2.63. The molecule has 0 bridgehead atoms. The number of benzene rings is 1. The molecule has 0 aromatic heterocycles. The minimum Gasteiger partial charge on any atom is -0.496 e. The average Bonchev–Trinajstić information content (AvgIpc) is 3.46. The van der Waals surface area contributed by atoms with Crippen LogP contribution in [0.15, 0.2) is 12.1 Å². The Bertz CT molecular complexity index is 706. The summed E-state index contributed by atoms with van der Waals surface area (Å²) in [6, 6.07) is 3.86. The van der Waals surface area contributed by atoms with Crippen LogP contribution in [0.5, 0.6) is 17.2 Å². The van der Waals surface area contributed by atoms with Gasteiger partial charge in [-0.05, 0) is 25.2 Å². The van der Waals surface area contributed by atoms with E-state index < -0.39 is 0 Å². The second kappa shape index (κ2) is 7.56. The summed E-state index contributed by atoms with van der Waals surface area (Å²) in [4.78, 5) is 15.4. The van der Waals surface area contributed by atoms with Crippen molar-refractivity contribution in [2.45, 2.75) is 37.5 Å². The molecule has 1 aromatic carbocycles. The summed E-state index contributed by atoms with van der Waals surface area (Å²) in [7, 11) is 4.66. The van der Waals surface area contributed by atoms with Crippen LogP contribution in [0.4, 0.5) is 0 Å². The number of methoxy groups -OCH3 is 3. The maximum absolute atomic E-state index is 12.9. The van der Waals surface area contributed by atoms with Gasteiger partial charge in [0.25, 0.3) is 5.91 Å². The molecule has 2 heterocycles. The van der Waals surface area contributed by atoms with Crippen molar-refractivity contribution in [3.63, 3.8) is 0 Å². The number of amides is 1. The minimum atomic E-state index is -0.155. The zero-order valence-corrected chi connectivity index (χ0v) is 16.2. The normalized spacial score (nSPS) is 27.7. The van der Waals surface area contributed by atoms with E-state index in [2.05, 4.69) is 10.2 Å². The Kier molecular flexibility index (Phi) is 5.14. The van der Waals surface area contributed by atoms with Crippen LogP contribution in [0.25, 0.3) is 0 Å². The first-order valence-corrected chi connectivity index (χ1v) is 9.59. The smallest absolute Gasteiger partial charge is 0.255 e. The molecule has 1 amide bonds. The summed E-state index contributed by atoms with van der Waals surface area (Å²) in [5.41, 5.74) is 0.451. The fraction of sp³-hybridized carbons (Fsp3) is 0.650. The van der Waals surface area contributed by atoms with Gasteiger partial charge in [0.2, 0.25) is 0 Å². The highest BCUT2D eigenvalue weighted by molar-refractivity contribution is 5.98. The molecule has 2 saturated heterocycles. The molecule has 0 spiro atoms. The number of hydrogen-bond acceptors (Lipinski definition) is 6. The molecule has 1 saturated carbocycles. The summed E-state index contributed by atoms with van der Waals surface area (Å²) in [5.74, 6) is 2.10. The molecule has 7 nitrogen and oxygen atoms in total. The van der Waals surface area contributed by atoms with Gasteiger partial charge >= 0.3 is 0 Å². The number of nitrogens with zero attached hydrogens (tertiary/aromatic N) is 1. The van der Waals surface area contributed by atoms with Crippen LogP contribution >= 0.6 is 0 Å². The van der Waals surface area contributed by atoms with E-state index in [1.165, 1.54) is 12.8 Å². The van der Waals surface area contributed by atoms with Gasteiger partial charge in [0.1, 0.15) is 5.75 Å². The van der Waals surface area contributed by atoms with Crippen LogP contribution in [-0.2, 0) is 4.74 Å². The van der Waals surface area contributed by atoms with Gasteiger partial charge < -0.3 is 24.3 Å². The zero-order chi connectivity index (χ0) is 19.0. The Morgan fingerprint density at radius 3 is 2.44 bits per heavy atom. The zero-order valence-electron chi connectivity index (χ0n) is 16.2. The molecule has 1 aliphatic carbocycles. The lowest BCUT2D eigenvalue weighted by atomic mass is 10.1. The van der Waals surface area contributed by atoms with E-state index in [1.807, 2.05) is 0 Å². The Hall–Kier alpha value is -1.99. The van der Waals surface area contributed by atoms with Gasteiger partial charge in [0, 0.05) is 37.3 Å². The Morgan fingerprint density at radius 2 is 1.78 bits per heavy atom. The predicted octanol–water partition coefficient (Wildman–Crippen LogP) is 1.69. The predicted molar refractivity (Wildman–Crippen MR) is 99.8 cm³/mol. The van der Waals surface area contributed by atoms with Crippen molar-refractivity contribution in [1.82, 2.24) is 10.2 Å². The summed E-state index contributed by atoms with van der Waals surface area (Å²) >= 11 is 0. The number of nitrogens with one attached hydrogen (secondary N) is 1. The van der Waals surface area contributed by atoms with E-state index in [0.29, 0.717) is 35.0 Å². The fourth-order valence-electron chi connectivity index (χ4n) is 4.23. The van der Waals surface area contributed by atoms with Gasteiger partial charge in [0.15, 0.2) is 11.5 Å². The average molecular weight is 376 g/mol. The lowest BCUT2D eigenvalue weighted by molar-refractivity contribution is -0.0581. The van der Waals surface area contributed by atoms with E-state index >= 15 is 0 Å². The van der Waals surface area contributed by atoms with Gasteiger partial charge in [-0.2, -0.15) is 0 Å². The molecular formula is C20H28N2O5. The van der Waals surface area contributed by atoms with E-state index in [4.69, 9.17) is 18.9 Å². The number of ether oxygens (including phenoxy) is 4. The van der Waals surface area contributed by atoms with Crippen LogP contribution in [0.1, 0.15) is 29.6 Å². The van der Waals surface area contributed by atoms with Crippen molar-refractivity contribution in [2.24, 2.45) is 5.92 Å². The van der Waals surface area contributed by atoms with Gasteiger partial charge in [-0.15, -0.1) is 0 Å². The summed E-state index contributed by atoms with van der Waals surface area (Å²) in [5, 5.41) is 3.16. The molecule has 1 aromatic rings. The second-order valence-electron chi connectivity index (χ2n) is 7.63. The molecule has 0 unspecified atom stereocenters. The second-order valence-corrected chi connectivity index (χ2v) is 7.63. The Balaban J connectivity index is 1.43. The third kappa shape index (κ3) is 3.71. The van der Waals surface area contributed by atoms with Crippen molar-refractivity contribution >= 4 is 5.91 Å². The highest BCUT2D eigenvalue weighted by atomic mass is 16.5. The van der Waals surface area contributed by atoms with E-state index in [0.717, 1.165) is 32.0 Å². The molecule has 4 rings (SSSR count). The topological polar surface area (TPSA) is 69.3 Å². The van der Waals surface area contributed by atoms with E-state index in [1.54, 1.807) is 33.5 Å². The van der Waals surface area contributed by atoms with Crippen LogP contribution in [0, 0.1) is 5.92 Å². The van der Waals surface area contributed by atoms with Crippen molar-refractivity contribution in [3.8, 4) is 17.2 Å². The first kappa shape index (κ1) is 18.4. The van der Waals surface area contributed by atoms with Crippen LogP contribution < -0.4 is 19.5 Å². The maximum Gasteiger partial charge on any atom is 0.255 e. The molecule has 27 heavy (non-hydrogen) atoms. The third-order valence-corrected chi connectivity index (χ3v) is 5.88. The lowest BCUT2D eigenvalue weighted by Gasteiger charge is -2.35. The monoisotopic (exact) mass is 376 g/mol. The number of carbonyl (C=O) groups excluding carboxylic acids is 1. The standard InChI is InChI=1S/C20H28N2O5/c1-24-16-8-18(26-3)17(25-2)7-15(16)20(23)21-13-6-14-11-27-19(12-4-5-12)10-22(14)9-13/h7-8,12-14,19H,4-6,9-11H2,1-3H3,(H,21,23)/t13-,14-,19+/m0/s1. The highest BCUT2D eigenvalue weighted by Crippen LogP contribution is 2.38. The van der Waals surface area contributed by atoms with Crippen molar-refractivity contribution in [3.05, 3.63) is 17.7 Å². The van der Waals surface area contributed by atoms with E-state index in [-0.39, 0.29) is 11.9 Å². The number of rotatable bonds is 6. The molecule has 3 atom stereocenters. The third-order valence-electron chi connectivity index (χ3n) is 5.88.